The molecule has 1 amide bonds. The monoisotopic (exact) mass is 231 g/mol. The molecule has 0 saturated carbocycles. The molecule has 0 aromatic rings. The summed E-state index contributed by atoms with van der Waals surface area (Å²) >= 11 is 0. The van der Waals surface area contributed by atoms with Crippen molar-refractivity contribution in [2.45, 2.75) is 45.3 Å². The number of carbonyl (C=O) groups is 1. The van der Waals surface area contributed by atoms with E-state index in [0.717, 1.165) is 0 Å². The first kappa shape index (κ1) is 14.7. The zero-order valence-corrected chi connectivity index (χ0v) is 10.3. The topological polar surface area (TPSA) is 96.9 Å². The first-order chi connectivity index (χ1) is 7.36. The SMILES string of the molecule is CCC(NC(=O)CC(C)(C)OC)C(N)=NO. The Balaban J connectivity index is 4.33. The number of hydrogen-bond donors (Lipinski definition) is 3. The van der Waals surface area contributed by atoms with Crippen LogP contribution in [0.15, 0.2) is 5.16 Å². The van der Waals surface area contributed by atoms with Crippen LogP contribution in [0, 0.1) is 0 Å². The third-order valence-corrected chi connectivity index (χ3v) is 2.35. The van der Waals surface area contributed by atoms with E-state index in [4.69, 9.17) is 15.7 Å². The third-order valence-electron chi connectivity index (χ3n) is 2.35. The Kier molecular flexibility index (Phi) is 5.81. The first-order valence-corrected chi connectivity index (χ1v) is 5.18. The van der Waals surface area contributed by atoms with Gasteiger partial charge >= 0.3 is 0 Å². The van der Waals surface area contributed by atoms with Gasteiger partial charge in [0.2, 0.25) is 5.91 Å². The number of oxime groups is 1. The van der Waals surface area contributed by atoms with Crippen LogP contribution in [0.25, 0.3) is 0 Å². The van der Waals surface area contributed by atoms with E-state index in [1.807, 2.05) is 20.8 Å². The smallest absolute Gasteiger partial charge is 0.223 e. The quantitative estimate of drug-likeness (QED) is 0.267. The summed E-state index contributed by atoms with van der Waals surface area (Å²) < 4.78 is 5.14. The maximum absolute atomic E-state index is 11.6. The molecule has 0 bridgehead atoms. The zero-order valence-electron chi connectivity index (χ0n) is 10.3. The minimum Gasteiger partial charge on any atom is -0.409 e. The zero-order chi connectivity index (χ0) is 12.8. The molecule has 0 aliphatic heterocycles. The highest BCUT2D eigenvalue weighted by molar-refractivity contribution is 5.90. The number of nitrogens with one attached hydrogen (secondary N) is 1. The lowest BCUT2D eigenvalue weighted by Crippen LogP contribution is -2.46. The molecule has 0 aromatic carbocycles. The Morgan fingerprint density at radius 3 is 2.56 bits per heavy atom. The highest BCUT2D eigenvalue weighted by atomic mass is 16.5. The molecule has 0 spiro atoms. The number of ether oxygens (including phenoxy) is 1. The molecule has 0 saturated heterocycles. The lowest BCUT2D eigenvalue weighted by molar-refractivity contribution is -0.126. The molecule has 0 aliphatic carbocycles. The fourth-order valence-electron chi connectivity index (χ4n) is 1.16. The van der Waals surface area contributed by atoms with Crippen molar-refractivity contribution < 1.29 is 14.7 Å². The van der Waals surface area contributed by atoms with Crippen molar-refractivity contribution in [1.29, 1.82) is 0 Å². The Bertz CT molecular complexity index is 264. The molecule has 0 fully saturated rings. The first-order valence-electron chi connectivity index (χ1n) is 5.18. The standard InChI is InChI=1S/C10H21N3O3/c1-5-7(9(11)13-15)12-8(14)6-10(2,3)16-4/h7,15H,5-6H2,1-4H3,(H2,11,13)(H,12,14). The van der Waals surface area contributed by atoms with Gasteiger partial charge in [0.25, 0.3) is 0 Å². The molecule has 6 heteroatoms. The van der Waals surface area contributed by atoms with Gasteiger partial charge < -0.3 is 21.0 Å². The lowest BCUT2D eigenvalue weighted by Gasteiger charge is -2.23. The number of rotatable bonds is 6. The Hall–Kier alpha value is -1.30. The van der Waals surface area contributed by atoms with Gasteiger partial charge in [-0.3, -0.25) is 4.79 Å². The van der Waals surface area contributed by atoms with Gasteiger partial charge in [0.05, 0.1) is 18.1 Å². The van der Waals surface area contributed by atoms with Crippen molar-refractivity contribution in [3.8, 4) is 0 Å². The molecule has 0 aromatic heterocycles. The molecule has 1 atom stereocenters. The van der Waals surface area contributed by atoms with E-state index in [9.17, 15) is 4.79 Å². The molecule has 0 aliphatic rings. The van der Waals surface area contributed by atoms with E-state index in [0.29, 0.717) is 6.42 Å². The summed E-state index contributed by atoms with van der Waals surface area (Å²) in [5.41, 5.74) is 4.91. The average molecular weight is 231 g/mol. The van der Waals surface area contributed by atoms with E-state index in [2.05, 4.69) is 10.5 Å². The maximum atomic E-state index is 11.6. The number of amidine groups is 1. The summed E-state index contributed by atoms with van der Waals surface area (Å²) in [5, 5.41) is 14.1. The summed E-state index contributed by atoms with van der Waals surface area (Å²) in [5.74, 6) is -0.184. The summed E-state index contributed by atoms with van der Waals surface area (Å²) in [6, 6.07) is -0.440. The van der Waals surface area contributed by atoms with Crippen molar-refractivity contribution in [2.24, 2.45) is 10.9 Å². The van der Waals surface area contributed by atoms with Gasteiger partial charge in [0.15, 0.2) is 5.84 Å². The number of methoxy groups -OCH3 is 1. The van der Waals surface area contributed by atoms with E-state index in [1.165, 1.54) is 0 Å². The highest BCUT2D eigenvalue weighted by Crippen LogP contribution is 2.12. The van der Waals surface area contributed by atoms with Crippen LogP contribution in [-0.2, 0) is 9.53 Å². The van der Waals surface area contributed by atoms with Crippen LogP contribution in [0.1, 0.15) is 33.6 Å². The molecule has 0 heterocycles. The molecule has 0 radical (unpaired) electrons. The Morgan fingerprint density at radius 2 is 2.19 bits per heavy atom. The van der Waals surface area contributed by atoms with E-state index >= 15 is 0 Å². The van der Waals surface area contributed by atoms with Gasteiger partial charge in [-0.1, -0.05) is 12.1 Å². The van der Waals surface area contributed by atoms with Gasteiger partial charge in [0.1, 0.15) is 0 Å². The van der Waals surface area contributed by atoms with Crippen LogP contribution in [0.4, 0.5) is 0 Å². The minimum absolute atomic E-state index is 0.00562. The van der Waals surface area contributed by atoms with Gasteiger partial charge in [-0.2, -0.15) is 0 Å². The average Bonchev–Trinajstić information content (AvgIpc) is 2.24. The second-order valence-corrected chi connectivity index (χ2v) is 4.19. The van der Waals surface area contributed by atoms with Gasteiger partial charge in [-0.25, -0.2) is 0 Å². The van der Waals surface area contributed by atoms with Crippen LogP contribution in [-0.4, -0.2) is 35.7 Å². The summed E-state index contributed by atoms with van der Waals surface area (Å²) in [6.45, 7) is 5.47. The van der Waals surface area contributed by atoms with Crippen LogP contribution in [0.2, 0.25) is 0 Å². The van der Waals surface area contributed by atoms with E-state index in [1.54, 1.807) is 7.11 Å². The molecule has 1 unspecified atom stereocenters. The molecular weight excluding hydrogens is 210 g/mol. The predicted octanol–water partition coefficient (Wildman–Crippen LogP) is 0.443. The van der Waals surface area contributed by atoms with Gasteiger partial charge in [-0.15, -0.1) is 0 Å². The van der Waals surface area contributed by atoms with Crippen LogP contribution < -0.4 is 11.1 Å². The van der Waals surface area contributed by atoms with E-state index in [-0.39, 0.29) is 18.2 Å². The molecule has 16 heavy (non-hydrogen) atoms. The van der Waals surface area contributed by atoms with Crippen LogP contribution in [0.5, 0.6) is 0 Å². The fraction of sp³-hybridized carbons (Fsp3) is 0.800. The largest absolute Gasteiger partial charge is 0.409 e. The summed E-state index contributed by atoms with van der Waals surface area (Å²) in [6.07, 6.45) is 0.785. The lowest BCUT2D eigenvalue weighted by atomic mass is 10.0. The number of carbonyl (C=O) groups excluding carboxylic acids is 1. The second-order valence-electron chi connectivity index (χ2n) is 4.19. The molecule has 6 nitrogen and oxygen atoms in total. The number of amides is 1. The number of nitrogens with two attached hydrogens (primary N) is 1. The number of hydrogen-bond acceptors (Lipinski definition) is 4. The maximum Gasteiger partial charge on any atom is 0.223 e. The second kappa shape index (κ2) is 6.32. The summed E-state index contributed by atoms with van der Waals surface area (Å²) in [7, 11) is 1.55. The number of nitrogens with zero attached hydrogens (tertiary/aromatic N) is 1. The van der Waals surface area contributed by atoms with Gasteiger partial charge in [0, 0.05) is 7.11 Å². The molecule has 0 rings (SSSR count). The normalized spacial score (nSPS) is 14.6. The minimum atomic E-state index is -0.520. The summed E-state index contributed by atoms with van der Waals surface area (Å²) in [4.78, 5) is 11.6. The molecule has 4 N–H and O–H groups in total. The van der Waals surface area contributed by atoms with Crippen molar-refractivity contribution in [1.82, 2.24) is 5.32 Å². The van der Waals surface area contributed by atoms with Crippen molar-refractivity contribution >= 4 is 11.7 Å². The Morgan fingerprint density at radius 1 is 1.62 bits per heavy atom. The van der Waals surface area contributed by atoms with Crippen LogP contribution >= 0.6 is 0 Å². The van der Waals surface area contributed by atoms with Gasteiger partial charge in [-0.05, 0) is 20.3 Å². The Labute approximate surface area is 95.8 Å². The van der Waals surface area contributed by atoms with Crippen molar-refractivity contribution in [3.05, 3.63) is 0 Å². The predicted molar refractivity (Wildman–Crippen MR) is 61.3 cm³/mol. The fourth-order valence-corrected chi connectivity index (χ4v) is 1.16. The molecule has 94 valence electrons. The highest BCUT2D eigenvalue weighted by Gasteiger charge is 2.23. The van der Waals surface area contributed by atoms with Crippen molar-refractivity contribution in [2.75, 3.05) is 7.11 Å². The third kappa shape index (κ3) is 4.97. The molecular formula is C10H21N3O3. The van der Waals surface area contributed by atoms with Crippen molar-refractivity contribution in [3.63, 3.8) is 0 Å². The van der Waals surface area contributed by atoms with Crippen LogP contribution in [0.3, 0.4) is 0 Å². The van der Waals surface area contributed by atoms with E-state index < -0.39 is 11.6 Å².